The van der Waals surface area contributed by atoms with E-state index in [4.69, 9.17) is 4.74 Å². The summed E-state index contributed by atoms with van der Waals surface area (Å²) in [4.78, 5) is 15.2. The van der Waals surface area contributed by atoms with Crippen molar-refractivity contribution in [2.24, 2.45) is 5.92 Å². The summed E-state index contributed by atoms with van der Waals surface area (Å²) in [5.41, 5.74) is 1.89. The second-order valence-electron chi connectivity index (χ2n) is 7.48. The number of benzene rings is 2. The summed E-state index contributed by atoms with van der Waals surface area (Å²) in [6.45, 7) is 2.58. The summed E-state index contributed by atoms with van der Waals surface area (Å²) < 4.78 is 18.9. The number of hydrogen-bond donors (Lipinski definition) is 0. The molecule has 2 aliphatic rings. The van der Waals surface area contributed by atoms with Gasteiger partial charge in [0, 0.05) is 23.6 Å². The Balaban J connectivity index is 1.47. The van der Waals surface area contributed by atoms with Gasteiger partial charge in [-0.25, -0.2) is 4.39 Å². The van der Waals surface area contributed by atoms with E-state index in [0.29, 0.717) is 24.3 Å². The quantitative estimate of drug-likeness (QED) is 0.804. The Bertz CT molecular complexity index is 789. The van der Waals surface area contributed by atoms with Gasteiger partial charge in [0.25, 0.3) is 5.91 Å². The van der Waals surface area contributed by atoms with Gasteiger partial charge >= 0.3 is 0 Å². The van der Waals surface area contributed by atoms with Crippen molar-refractivity contribution in [3.8, 4) is 5.75 Å². The van der Waals surface area contributed by atoms with Crippen LogP contribution in [0.3, 0.4) is 0 Å². The molecule has 0 radical (unpaired) electrons. The third kappa shape index (κ3) is 3.33. The molecule has 4 heteroatoms. The molecule has 2 aliphatic heterocycles. The van der Waals surface area contributed by atoms with E-state index in [1.165, 1.54) is 12.1 Å². The first-order chi connectivity index (χ1) is 12.6. The van der Waals surface area contributed by atoms with Crippen LogP contribution >= 0.6 is 0 Å². The fourth-order valence-corrected chi connectivity index (χ4v) is 4.43. The first kappa shape index (κ1) is 17.1. The average Bonchev–Trinajstić information content (AvgIpc) is 2.96. The Morgan fingerprint density at radius 1 is 1.12 bits per heavy atom. The molecule has 4 rings (SSSR count). The van der Waals surface area contributed by atoms with Crippen molar-refractivity contribution >= 4 is 5.91 Å². The maximum absolute atomic E-state index is 13.1. The molecule has 0 saturated carbocycles. The molecule has 0 N–H and O–H groups in total. The Kier molecular flexibility index (Phi) is 4.66. The zero-order valence-electron chi connectivity index (χ0n) is 15.0. The number of fused-ring (bicyclic) bond motifs is 2. The van der Waals surface area contributed by atoms with Gasteiger partial charge in [-0.2, -0.15) is 0 Å². The minimum absolute atomic E-state index is 0.146. The van der Waals surface area contributed by atoms with E-state index in [-0.39, 0.29) is 17.8 Å². The van der Waals surface area contributed by atoms with Gasteiger partial charge in [-0.15, -0.1) is 0 Å². The van der Waals surface area contributed by atoms with E-state index >= 15 is 0 Å². The van der Waals surface area contributed by atoms with Crippen molar-refractivity contribution in [1.82, 2.24) is 4.90 Å². The second-order valence-corrected chi connectivity index (χ2v) is 7.48. The summed E-state index contributed by atoms with van der Waals surface area (Å²) in [6, 6.07) is 14.6. The van der Waals surface area contributed by atoms with Crippen LogP contribution in [0.1, 0.15) is 41.6 Å². The third-order valence-electron chi connectivity index (χ3n) is 5.74. The molecule has 3 atom stereocenters. The van der Waals surface area contributed by atoms with Crippen LogP contribution in [0.2, 0.25) is 0 Å². The monoisotopic (exact) mass is 353 g/mol. The molecule has 2 unspecified atom stereocenters. The zero-order valence-corrected chi connectivity index (χ0v) is 15.0. The van der Waals surface area contributed by atoms with Gasteiger partial charge in [0.15, 0.2) is 0 Å². The topological polar surface area (TPSA) is 29.5 Å². The minimum atomic E-state index is -0.261. The van der Waals surface area contributed by atoms with E-state index in [1.807, 2.05) is 31.2 Å². The van der Waals surface area contributed by atoms with Crippen LogP contribution in [-0.2, 0) is 0 Å². The van der Waals surface area contributed by atoms with Crippen LogP contribution in [0.4, 0.5) is 4.39 Å². The lowest BCUT2D eigenvalue weighted by atomic mass is 9.90. The van der Waals surface area contributed by atoms with Gasteiger partial charge < -0.3 is 9.64 Å². The standard InChI is InChI=1S/C22H24FNO2/c1-15-3-2-4-16(13-15)22(25)24-19-8-5-17(21(24)12-9-19)14-26-20-10-6-18(23)7-11-20/h2-4,6-7,10-11,13,17,19,21H,5,8-9,12,14H2,1H3/t17-,19?,21?/m1/s1. The Labute approximate surface area is 153 Å². The molecule has 2 heterocycles. The maximum Gasteiger partial charge on any atom is 0.254 e. The number of piperidine rings is 1. The number of nitrogens with zero attached hydrogens (tertiary/aromatic N) is 1. The number of amides is 1. The Hall–Kier alpha value is -2.36. The lowest BCUT2D eigenvalue weighted by Gasteiger charge is -2.40. The normalized spacial score (nSPS) is 24.5. The highest BCUT2D eigenvalue weighted by molar-refractivity contribution is 5.95. The molecule has 1 amide bonds. The average molecular weight is 353 g/mol. The summed E-state index contributed by atoms with van der Waals surface area (Å²) in [6.07, 6.45) is 4.23. The second kappa shape index (κ2) is 7.10. The molecule has 136 valence electrons. The first-order valence-corrected chi connectivity index (χ1v) is 9.39. The van der Waals surface area contributed by atoms with Gasteiger partial charge in [-0.05, 0) is 69.0 Å². The summed E-state index contributed by atoms with van der Waals surface area (Å²) >= 11 is 0. The van der Waals surface area contributed by atoms with Crippen LogP contribution in [0.15, 0.2) is 48.5 Å². The number of ether oxygens (including phenoxy) is 1. The number of carbonyl (C=O) groups is 1. The van der Waals surface area contributed by atoms with Crippen LogP contribution in [0.25, 0.3) is 0 Å². The van der Waals surface area contributed by atoms with E-state index < -0.39 is 0 Å². The molecule has 2 fully saturated rings. The fourth-order valence-electron chi connectivity index (χ4n) is 4.43. The summed E-state index contributed by atoms with van der Waals surface area (Å²) in [5.74, 6) is 0.895. The largest absolute Gasteiger partial charge is 0.493 e. The van der Waals surface area contributed by atoms with Gasteiger partial charge in [0.05, 0.1) is 6.61 Å². The first-order valence-electron chi connectivity index (χ1n) is 9.39. The highest BCUT2D eigenvalue weighted by Gasteiger charge is 2.45. The number of carbonyl (C=O) groups excluding carboxylic acids is 1. The van der Waals surface area contributed by atoms with E-state index in [2.05, 4.69) is 4.90 Å². The van der Waals surface area contributed by atoms with Gasteiger partial charge in [0.2, 0.25) is 0 Å². The van der Waals surface area contributed by atoms with Gasteiger partial charge in [-0.3, -0.25) is 4.79 Å². The van der Waals surface area contributed by atoms with Crippen molar-refractivity contribution in [3.05, 3.63) is 65.5 Å². The smallest absolute Gasteiger partial charge is 0.254 e. The molecular weight excluding hydrogens is 329 g/mol. The van der Waals surface area contributed by atoms with Crippen LogP contribution in [-0.4, -0.2) is 29.5 Å². The maximum atomic E-state index is 13.1. The van der Waals surface area contributed by atoms with Crippen molar-refractivity contribution in [2.45, 2.75) is 44.7 Å². The molecule has 0 aliphatic carbocycles. The number of hydrogen-bond acceptors (Lipinski definition) is 2. The van der Waals surface area contributed by atoms with Gasteiger partial charge in [0.1, 0.15) is 11.6 Å². The summed E-state index contributed by atoms with van der Waals surface area (Å²) in [5, 5.41) is 0. The predicted molar refractivity (Wildman–Crippen MR) is 98.8 cm³/mol. The number of rotatable bonds is 4. The molecule has 2 aromatic carbocycles. The molecule has 0 spiro atoms. The molecular formula is C22H24FNO2. The third-order valence-corrected chi connectivity index (χ3v) is 5.74. The van der Waals surface area contributed by atoms with Crippen molar-refractivity contribution < 1.29 is 13.9 Å². The SMILES string of the molecule is Cc1cccc(C(=O)N2C3CCC2[C@@H](COc2ccc(F)cc2)CC3)c1. The molecule has 2 bridgehead atoms. The highest BCUT2D eigenvalue weighted by Crippen LogP contribution is 2.40. The molecule has 26 heavy (non-hydrogen) atoms. The Morgan fingerprint density at radius 3 is 2.65 bits per heavy atom. The molecule has 0 aromatic heterocycles. The van der Waals surface area contributed by atoms with Crippen molar-refractivity contribution in [2.75, 3.05) is 6.61 Å². The summed E-state index contributed by atoms with van der Waals surface area (Å²) in [7, 11) is 0. The Morgan fingerprint density at radius 2 is 1.88 bits per heavy atom. The van der Waals surface area contributed by atoms with Crippen LogP contribution in [0, 0.1) is 18.7 Å². The fraction of sp³-hybridized carbons (Fsp3) is 0.409. The van der Waals surface area contributed by atoms with Crippen LogP contribution in [0.5, 0.6) is 5.75 Å². The van der Waals surface area contributed by atoms with Crippen molar-refractivity contribution in [1.29, 1.82) is 0 Å². The van der Waals surface area contributed by atoms with E-state index in [9.17, 15) is 9.18 Å². The van der Waals surface area contributed by atoms with E-state index in [1.54, 1.807) is 12.1 Å². The van der Waals surface area contributed by atoms with Gasteiger partial charge in [-0.1, -0.05) is 17.7 Å². The number of aryl methyl sites for hydroxylation is 1. The van der Waals surface area contributed by atoms with E-state index in [0.717, 1.165) is 36.8 Å². The minimum Gasteiger partial charge on any atom is -0.493 e. The predicted octanol–water partition coefficient (Wildman–Crippen LogP) is 4.60. The number of halogens is 1. The lowest BCUT2D eigenvalue weighted by molar-refractivity contribution is 0.0406. The molecule has 2 saturated heterocycles. The molecule has 3 nitrogen and oxygen atoms in total. The van der Waals surface area contributed by atoms with Crippen molar-refractivity contribution in [3.63, 3.8) is 0 Å². The highest BCUT2D eigenvalue weighted by atomic mass is 19.1. The molecule has 2 aromatic rings. The van der Waals surface area contributed by atoms with Crippen LogP contribution < -0.4 is 4.74 Å². The zero-order chi connectivity index (χ0) is 18.1. The lowest BCUT2D eigenvalue weighted by Crippen LogP contribution is -2.49.